The van der Waals surface area contributed by atoms with Gasteiger partial charge in [0.1, 0.15) is 0 Å². The zero-order valence-corrected chi connectivity index (χ0v) is 10.5. The molecule has 2 aromatic rings. The van der Waals surface area contributed by atoms with Gasteiger partial charge in [0.2, 0.25) is 0 Å². The quantitative estimate of drug-likeness (QED) is 0.811. The van der Waals surface area contributed by atoms with Gasteiger partial charge in [0, 0.05) is 10.9 Å². The highest BCUT2D eigenvalue weighted by molar-refractivity contribution is 6.30. The molecule has 0 heterocycles. The number of benzene rings is 2. The van der Waals surface area contributed by atoms with Crippen molar-refractivity contribution in [1.82, 2.24) is 0 Å². The molecule has 1 unspecified atom stereocenters. The first kappa shape index (κ1) is 11.5. The Kier molecular flexibility index (Phi) is 2.94. The van der Waals surface area contributed by atoms with E-state index in [2.05, 4.69) is 12.2 Å². The topological polar surface area (TPSA) is 20.2 Å². The van der Waals surface area contributed by atoms with Crippen LogP contribution in [0.1, 0.15) is 28.7 Å². The first-order valence-corrected chi connectivity index (χ1v) is 6.34. The van der Waals surface area contributed by atoms with Gasteiger partial charge in [-0.2, -0.15) is 0 Å². The zero-order chi connectivity index (χ0) is 12.5. The van der Waals surface area contributed by atoms with Crippen LogP contribution >= 0.6 is 11.6 Å². The average Bonchev–Trinajstić information content (AvgIpc) is 2.41. The van der Waals surface area contributed by atoms with Gasteiger partial charge in [-0.1, -0.05) is 60.2 Å². The third-order valence-electron chi connectivity index (χ3n) is 3.39. The normalized spacial score (nSPS) is 21.7. The van der Waals surface area contributed by atoms with Crippen molar-refractivity contribution in [3.63, 3.8) is 0 Å². The summed E-state index contributed by atoms with van der Waals surface area (Å²) in [6, 6.07) is 15.6. The number of fused-ring (bicyclic) bond motifs is 1. The second-order valence-corrected chi connectivity index (χ2v) is 4.95. The second kappa shape index (κ2) is 4.60. The standard InChI is InChI=1S/C16H13ClO/c17-13-8-5-12(6-9-13)15-10-7-11-3-1-2-4-14(11)16(15)18/h1-10,15-16,18H/t15-,16?/m1/s1. The molecule has 18 heavy (non-hydrogen) atoms. The summed E-state index contributed by atoms with van der Waals surface area (Å²) in [5.41, 5.74) is 3.16. The number of hydrogen-bond acceptors (Lipinski definition) is 1. The van der Waals surface area contributed by atoms with Crippen molar-refractivity contribution in [3.8, 4) is 0 Å². The molecule has 0 aromatic heterocycles. The van der Waals surface area contributed by atoms with Gasteiger partial charge >= 0.3 is 0 Å². The number of hydrogen-bond donors (Lipinski definition) is 1. The number of rotatable bonds is 1. The van der Waals surface area contributed by atoms with Crippen molar-refractivity contribution in [1.29, 1.82) is 0 Å². The van der Waals surface area contributed by atoms with E-state index in [4.69, 9.17) is 11.6 Å². The molecule has 3 rings (SSSR count). The Labute approximate surface area is 111 Å². The summed E-state index contributed by atoms with van der Waals surface area (Å²) in [6.07, 6.45) is 3.63. The van der Waals surface area contributed by atoms with Gasteiger partial charge in [-0.3, -0.25) is 0 Å². The lowest BCUT2D eigenvalue weighted by Gasteiger charge is -2.26. The van der Waals surface area contributed by atoms with Gasteiger partial charge in [-0.15, -0.1) is 0 Å². The molecular weight excluding hydrogens is 244 g/mol. The van der Waals surface area contributed by atoms with Gasteiger partial charge in [0.15, 0.2) is 0 Å². The minimum atomic E-state index is -0.493. The summed E-state index contributed by atoms with van der Waals surface area (Å²) in [6.45, 7) is 0. The molecule has 90 valence electrons. The van der Waals surface area contributed by atoms with Gasteiger partial charge < -0.3 is 5.11 Å². The van der Waals surface area contributed by atoms with E-state index in [0.29, 0.717) is 5.02 Å². The van der Waals surface area contributed by atoms with Crippen molar-refractivity contribution in [2.75, 3.05) is 0 Å². The van der Waals surface area contributed by atoms with E-state index in [1.54, 1.807) is 0 Å². The second-order valence-electron chi connectivity index (χ2n) is 4.51. The Balaban J connectivity index is 2.00. The third kappa shape index (κ3) is 1.96. The molecule has 0 aliphatic heterocycles. The van der Waals surface area contributed by atoms with Crippen LogP contribution in [0.5, 0.6) is 0 Å². The molecule has 0 amide bonds. The van der Waals surface area contributed by atoms with Crippen molar-refractivity contribution in [2.24, 2.45) is 0 Å². The van der Waals surface area contributed by atoms with Crippen molar-refractivity contribution in [2.45, 2.75) is 12.0 Å². The highest BCUT2D eigenvalue weighted by Crippen LogP contribution is 2.38. The molecule has 1 aliphatic carbocycles. The molecule has 2 heteroatoms. The summed E-state index contributed by atoms with van der Waals surface area (Å²) in [7, 11) is 0. The lowest BCUT2D eigenvalue weighted by molar-refractivity contribution is 0.160. The molecule has 0 saturated heterocycles. The molecule has 1 N–H and O–H groups in total. The van der Waals surface area contributed by atoms with Crippen LogP contribution in [0.3, 0.4) is 0 Å². The minimum Gasteiger partial charge on any atom is -0.387 e. The molecule has 2 atom stereocenters. The smallest absolute Gasteiger partial charge is 0.0899 e. The lowest BCUT2D eigenvalue weighted by Crippen LogP contribution is -2.13. The molecule has 1 nitrogen and oxygen atoms in total. The largest absolute Gasteiger partial charge is 0.387 e. The average molecular weight is 257 g/mol. The molecular formula is C16H13ClO. The Morgan fingerprint density at radius 2 is 1.67 bits per heavy atom. The SMILES string of the molecule is OC1c2ccccc2C=C[C@@H]1c1ccc(Cl)cc1. The Bertz CT molecular complexity index is 586. The van der Waals surface area contributed by atoms with E-state index < -0.39 is 6.10 Å². The van der Waals surface area contributed by atoms with Crippen LogP contribution in [0.25, 0.3) is 6.08 Å². The van der Waals surface area contributed by atoms with E-state index in [9.17, 15) is 5.11 Å². The third-order valence-corrected chi connectivity index (χ3v) is 3.64. The molecule has 0 radical (unpaired) electrons. The maximum absolute atomic E-state index is 10.5. The molecule has 0 saturated carbocycles. The Morgan fingerprint density at radius 3 is 2.44 bits per heavy atom. The summed E-state index contributed by atoms with van der Waals surface area (Å²) in [4.78, 5) is 0. The molecule has 2 aromatic carbocycles. The highest BCUT2D eigenvalue weighted by Gasteiger charge is 2.24. The van der Waals surface area contributed by atoms with Crippen molar-refractivity contribution < 1.29 is 5.11 Å². The van der Waals surface area contributed by atoms with E-state index in [0.717, 1.165) is 16.7 Å². The Hall–Kier alpha value is -1.57. The van der Waals surface area contributed by atoms with Crippen molar-refractivity contribution in [3.05, 3.63) is 76.3 Å². The van der Waals surface area contributed by atoms with Gasteiger partial charge in [0.05, 0.1) is 6.10 Å². The fourth-order valence-corrected chi connectivity index (χ4v) is 2.54. The molecule has 0 bridgehead atoms. The van der Waals surface area contributed by atoms with Gasteiger partial charge in [-0.25, -0.2) is 0 Å². The van der Waals surface area contributed by atoms with E-state index in [-0.39, 0.29) is 5.92 Å². The monoisotopic (exact) mass is 256 g/mol. The predicted molar refractivity (Wildman–Crippen MR) is 74.6 cm³/mol. The van der Waals surface area contributed by atoms with Gasteiger partial charge in [0.25, 0.3) is 0 Å². The summed E-state index contributed by atoms with van der Waals surface area (Å²) >= 11 is 5.89. The first-order chi connectivity index (χ1) is 8.75. The van der Waals surface area contributed by atoms with E-state index in [1.165, 1.54) is 0 Å². The number of aliphatic hydroxyl groups is 1. The Morgan fingerprint density at radius 1 is 0.944 bits per heavy atom. The fourth-order valence-electron chi connectivity index (χ4n) is 2.42. The molecule has 0 spiro atoms. The van der Waals surface area contributed by atoms with Crippen LogP contribution in [0, 0.1) is 0 Å². The maximum Gasteiger partial charge on any atom is 0.0899 e. The maximum atomic E-state index is 10.5. The van der Waals surface area contributed by atoms with Crippen LogP contribution in [0.15, 0.2) is 54.6 Å². The van der Waals surface area contributed by atoms with E-state index in [1.807, 2.05) is 48.5 Å². The van der Waals surface area contributed by atoms with Crippen LogP contribution in [0.2, 0.25) is 5.02 Å². The summed E-state index contributed by atoms with van der Waals surface area (Å²) < 4.78 is 0. The lowest BCUT2D eigenvalue weighted by atomic mass is 9.83. The minimum absolute atomic E-state index is 0.00262. The van der Waals surface area contributed by atoms with E-state index >= 15 is 0 Å². The number of aliphatic hydroxyl groups excluding tert-OH is 1. The van der Waals surface area contributed by atoms with Crippen LogP contribution in [0.4, 0.5) is 0 Å². The van der Waals surface area contributed by atoms with Crippen LogP contribution in [-0.4, -0.2) is 5.11 Å². The first-order valence-electron chi connectivity index (χ1n) is 5.96. The molecule has 0 fully saturated rings. The molecule has 1 aliphatic rings. The fraction of sp³-hybridized carbons (Fsp3) is 0.125. The number of halogens is 1. The highest BCUT2D eigenvalue weighted by atomic mass is 35.5. The summed E-state index contributed by atoms with van der Waals surface area (Å²) in [5.74, 6) is -0.00262. The summed E-state index contributed by atoms with van der Waals surface area (Å²) in [5, 5.41) is 11.2. The van der Waals surface area contributed by atoms with Crippen LogP contribution < -0.4 is 0 Å². The van der Waals surface area contributed by atoms with Crippen molar-refractivity contribution >= 4 is 17.7 Å². The van der Waals surface area contributed by atoms with Gasteiger partial charge in [-0.05, 0) is 28.8 Å². The zero-order valence-electron chi connectivity index (χ0n) is 9.75. The van der Waals surface area contributed by atoms with Crippen LogP contribution in [-0.2, 0) is 0 Å². The predicted octanol–water partition coefficient (Wildman–Crippen LogP) is 4.18.